The maximum atomic E-state index is 13.4. The molecule has 2 aromatic rings. The summed E-state index contributed by atoms with van der Waals surface area (Å²) >= 11 is 0. The number of nitrogens with zero attached hydrogens (tertiary/aromatic N) is 1. The van der Waals surface area contributed by atoms with Gasteiger partial charge in [-0.05, 0) is 85.1 Å². The number of hydrogen-bond acceptors (Lipinski definition) is 3. The molecular weight excluding hydrogens is 432 g/mol. The van der Waals surface area contributed by atoms with E-state index in [2.05, 4.69) is 19.2 Å². The van der Waals surface area contributed by atoms with Crippen LogP contribution >= 0.6 is 0 Å². The molecule has 0 heterocycles. The molecule has 2 aromatic carbocycles. The van der Waals surface area contributed by atoms with Crippen LogP contribution in [-0.4, -0.2) is 32.2 Å². The fourth-order valence-electron chi connectivity index (χ4n) is 5.85. The highest BCUT2D eigenvalue weighted by molar-refractivity contribution is 7.89. The van der Waals surface area contributed by atoms with Gasteiger partial charge in [-0.15, -0.1) is 0 Å². The molecule has 0 aliphatic heterocycles. The molecule has 33 heavy (non-hydrogen) atoms. The van der Waals surface area contributed by atoms with Gasteiger partial charge < -0.3 is 5.32 Å². The summed E-state index contributed by atoms with van der Waals surface area (Å²) in [6.45, 7) is 9.30. The van der Waals surface area contributed by atoms with Gasteiger partial charge in [0.1, 0.15) is 0 Å². The molecule has 3 aliphatic carbocycles. The molecule has 178 valence electrons. The fourth-order valence-corrected chi connectivity index (χ4v) is 7.33. The Morgan fingerprint density at radius 2 is 1.82 bits per heavy atom. The molecule has 3 saturated carbocycles. The second-order valence-corrected chi connectivity index (χ2v) is 12.6. The van der Waals surface area contributed by atoms with Gasteiger partial charge in [0.25, 0.3) is 5.91 Å². The Morgan fingerprint density at radius 1 is 1.12 bits per heavy atom. The standard InChI is InChI=1S/C27H36N2O3S/c1-18-13-22(26(30)28-16-21-11-12-23-15-24(21)27(23,3)4)14-25(19(18)2)33(31,32)29(5)17-20-9-7-6-8-10-20/h6-10,13-14,21,23-24H,11-12,15-17H2,1-5H3,(H,28,30)/t21-,23-,24-/m0/s1. The molecule has 3 atom stereocenters. The minimum atomic E-state index is -3.75. The van der Waals surface area contributed by atoms with Gasteiger partial charge >= 0.3 is 0 Å². The lowest BCUT2D eigenvalue weighted by Crippen LogP contribution is -2.54. The van der Waals surface area contributed by atoms with E-state index in [1.807, 2.05) is 37.3 Å². The minimum absolute atomic E-state index is 0.195. The molecule has 3 fully saturated rings. The van der Waals surface area contributed by atoms with Crippen molar-refractivity contribution in [3.63, 3.8) is 0 Å². The number of amides is 1. The SMILES string of the molecule is Cc1cc(C(=O)NC[C@@H]2CC[C@H]3C[C@@H]2C3(C)C)cc(S(=O)(=O)N(C)Cc2ccccc2)c1C. The van der Waals surface area contributed by atoms with Crippen molar-refractivity contribution in [2.24, 2.45) is 23.2 Å². The second-order valence-electron chi connectivity index (χ2n) is 10.6. The van der Waals surface area contributed by atoms with E-state index in [1.165, 1.54) is 17.1 Å². The molecule has 0 radical (unpaired) electrons. The van der Waals surface area contributed by atoms with Crippen LogP contribution in [-0.2, 0) is 16.6 Å². The summed E-state index contributed by atoms with van der Waals surface area (Å²) in [6, 6.07) is 12.9. The number of hydrogen-bond donors (Lipinski definition) is 1. The highest BCUT2D eigenvalue weighted by Gasteiger charge is 2.53. The van der Waals surface area contributed by atoms with Crippen LogP contribution in [0.3, 0.4) is 0 Å². The number of rotatable bonds is 7. The predicted molar refractivity (Wildman–Crippen MR) is 131 cm³/mol. The third-order valence-corrected chi connectivity index (χ3v) is 10.3. The Balaban J connectivity index is 1.51. The van der Waals surface area contributed by atoms with Crippen molar-refractivity contribution < 1.29 is 13.2 Å². The third kappa shape index (κ3) is 4.47. The first-order valence-electron chi connectivity index (χ1n) is 11.9. The van der Waals surface area contributed by atoms with Crippen LogP contribution in [0.25, 0.3) is 0 Å². The van der Waals surface area contributed by atoms with Gasteiger partial charge in [0.2, 0.25) is 10.0 Å². The van der Waals surface area contributed by atoms with Crippen molar-refractivity contribution in [3.8, 4) is 0 Å². The van der Waals surface area contributed by atoms with Crippen LogP contribution in [0.4, 0.5) is 0 Å². The Labute approximate surface area is 198 Å². The fraction of sp³-hybridized carbons (Fsp3) is 0.519. The van der Waals surface area contributed by atoms with Crippen LogP contribution in [0.15, 0.2) is 47.4 Å². The molecule has 1 N–H and O–H groups in total. The van der Waals surface area contributed by atoms with Crippen LogP contribution < -0.4 is 5.32 Å². The first kappa shape index (κ1) is 24.0. The number of nitrogens with one attached hydrogen (secondary N) is 1. The quantitative estimate of drug-likeness (QED) is 0.627. The van der Waals surface area contributed by atoms with Crippen molar-refractivity contribution in [1.29, 1.82) is 0 Å². The highest BCUT2D eigenvalue weighted by Crippen LogP contribution is 2.61. The Morgan fingerprint density at radius 3 is 2.45 bits per heavy atom. The van der Waals surface area contributed by atoms with Gasteiger partial charge in [0.05, 0.1) is 4.90 Å². The van der Waals surface area contributed by atoms with Crippen molar-refractivity contribution in [2.75, 3.05) is 13.6 Å². The van der Waals surface area contributed by atoms with Gasteiger partial charge in [-0.25, -0.2) is 8.42 Å². The molecule has 5 rings (SSSR count). The summed E-state index contributed by atoms with van der Waals surface area (Å²) in [6.07, 6.45) is 3.67. The zero-order chi connectivity index (χ0) is 24.0. The molecule has 0 saturated heterocycles. The lowest BCUT2D eigenvalue weighted by atomic mass is 9.45. The van der Waals surface area contributed by atoms with Crippen molar-refractivity contribution in [1.82, 2.24) is 9.62 Å². The smallest absolute Gasteiger partial charge is 0.251 e. The largest absolute Gasteiger partial charge is 0.352 e. The summed E-state index contributed by atoms with van der Waals surface area (Å²) in [5.41, 5.74) is 3.18. The Hall–Kier alpha value is -2.18. The van der Waals surface area contributed by atoms with Crippen LogP contribution in [0.5, 0.6) is 0 Å². The summed E-state index contributed by atoms with van der Waals surface area (Å²) in [5.74, 6) is 1.80. The van der Waals surface area contributed by atoms with Gasteiger partial charge in [0, 0.05) is 25.7 Å². The van der Waals surface area contributed by atoms with Gasteiger partial charge in [-0.1, -0.05) is 44.2 Å². The molecule has 1 amide bonds. The van der Waals surface area contributed by atoms with Crippen LogP contribution in [0, 0.1) is 37.0 Å². The molecule has 3 aliphatic rings. The molecule has 0 aromatic heterocycles. The predicted octanol–water partition coefficient (Wildman–Crippen LogP) is 4.93. The Kier molecular flexibility index (Phi) is 6.45. The van der Waals surface area contributed by atoms with Crippen molar-refractivity contribution in [2.45, 2.75) is 58.4 Å². The lowest BCUT2D eigenvalue weighted by Gasteiger charge is -2.60. The maximum Gasteiger partial charge on any atom is 0.251 e. The zero-order valence-corrected chi connectivity index (χ0v) is 21.2. The van der Waals surface area contributed by atoms with E-state index >= 15 is 0 Å². The van der Waals surface area contributed by atoms with Crippen molar-refractivity contribution in [3.05, 3.63) is 64.7 Å². The van der Waals surface area contributed by atoms with Crippen LogP contribution in [0.1, 0.15) is 60.2 Å². The van der Waals surface area contributed by atoms with E-state index in [1.54, 1.807) is 26.1 Å². The summed E-state index contributed by atoms with van der Waals surface area (Å²) in [7, 11) is -2.16. The van der Waals surface area contributed by atoms with E-state index < -0.39 is 10.0 Å². The van der Waals surface area contributed by atoms with E-state index in [9.17, 15) is 13.2 Å². The monoisotopic (exact) mass is 468 g/mol. The zero-order valence-electron chi connectivity index (χ0n) is 20.4. The van der Waals surface area contributed by atoms with Crippen LogP contribution in [0.2, 0.25) is 0 Å². The number of benzene rings is 2. The first-order chi connectivity index (χ1) is 15.5. The molecule has 0 spiro atoms. The first-order valence-corrected chi connectivity index (χ1v) is 13.4. The minimum Gasteiger partial charge on any atom is -0.352 e. The number of sulfonamides is 1. The van der Waals surface area contributed by atoms with E-state index in [0.717, 1.165) is 23.5 Å². The van der Waals surface area contributed by atoms with E-state index in [-0.39, 0.29) is 17.3 Å². The normalized spacial score (nSPS) is 23.8. The van der Waals surface area contributed by atoms with Gasteiger partial charge in [-0.2, -0.15) is 4.31 Å². The summed E-state index contributed by atoms with van der Waals surface area (Å²) in [4.78, 5) is 13.3. The number of fused-ring (bicyclic) bond motifs is 2. The molecule has 2 bridgehead atoms. The lowest BCUT2D eigenvalue weighted by molar-refractivity contribution is -0.103. The van der Waals surface area contributed by atoms with Gasteiger partial charge in [0.15, 0.2) is 0 Å². The molecule has 5 nitrogen and oxygen atoms in total. The Bertz CT molecular complexity index is 1140. The average Bonchev–Trinajstić information content (AvgIpc) is 2.79. The summed E-state index contributed by atoms with van der Waals surface area (Å²) < 4.78 is 28.2. The number of aryl methyl sites for hydroxylation is 1. The number of carbonyl (C=O) groups is 1. The molecule has 6 heteroatoms. The van der Waals surface area contributed by atoms with Gasteiger partial charge in [-0.3, -0.25) is 4.79 Å². The average molecular weight is 469 g/mol. The van der Waals surface area contributed by atoms with E-state index in [4.69, 9.17) is 0 Å². The van der Waals surface area contributed by atoms with E-state index in [0.29, 0.717) is 34.9 Å². The summed E-state index contributed by atoms with van der Waals surface area (Å²) in [5, 5.41) is 3.11. The highest BCUT2D eigenvalue weighted by atomic mass is 32.2. The number of carbonyl (C=O) groups excluding carboxylic acids is 1. The molecular formula is C27H36N2O3S. The van der Waals surface area contributed by atoms with Crippen molar-refractivity contribution >= 4 is 15.9 Å². The molecule has 0 unspecified atom stereocenters. The maximum absolute atomic E-state index is 13.4. The topological polar surface area (TPSA) is 66.5 Å². The second kappa shape index (κ2) is 8.88. The third-order valence-electron chi connectivity index (χ3n) is 8.34.